The van der Waals surface area contributed by atoms with Crippen LogP contribution >= 0.6 is 0 Å². The van der Waals surface area contributed by atoms with Crippen molar-refractivity contribution in [2.24, 2.45) is 0 Å². The standard InChI is InChI=1S/C25H43NO5/c1-2-3-4-5-6-7-8-9-10-11-12-13-14-15-16-17-21-26(22-20-25(30)31)23(27)18-19-24(28)29/h9-10,18-19H,2-8,11-17,20-22H2,1H3,(H,28,29)(H,30,31)/b10-9-,19-18-. The monoisotopic (exact) mass is 437 g/mol. The minimum Gasteiger partial charge on any atom is -0.481 e. The molecule has 0 atom stereocenters. The van der Waals surface area contributed by atoms with Gasteiger partial charge < -0.3 is 15.1 Å². The van der Waals surface area contributed by atoms with E-state index in [2.05, 4.69) is 19.1 Å². The van der Waals surface area contributed by atoms with Crippen molar-refractivity contribution in [1.82, 2.24) is 4.90 Å². The zero-order chi connectivity index (χ0) is 23.2. The highest BCUT2D eigenvalue weighted by Crippen LogP contribution is 2.10. The van der Waals surface area contributed by atoms with Crippen molar-refractivity contribution < 1.29 is 24.6 Å². The second-order valence-electron chi connectivity index (χ2n) is 8.08. The van der Waals surface area contributed by atoms with Gasteiger partial charge in [-0.1, -0.05) is 76.9 Å². The summed E-state index contributed by atoms with van der Waals surface area (Å²) in [5.74, 6) is -2.61. The van der Waals surface area contributed by atoms with Crippen LogP contribution in [0.25, 0.3) is 0 Å². The molecule has 0 spiro atoms. The first kappa shape index (κ1) is 28.9. The van der Waals surface area contributed by atoms with Gasteiger partial charge in [-0.05, 0) is 32.1 Å². The van der Waals surface area contributed by atoms with E-state index in [1.54, 1.807) is 0 Å². The molecular formula is C25H43NO5. The molecule has 0 radical (unpaired) electrons. The fourth-order valence-electron chi connectivity index (χ4n) is 3.36. The first-order valence-corrected chi connectivity index (χ1v) is 12.0. The molecule has 0 saturated carbocycles. The Labute approximate surface area is 188 Å². The summed E-state index contributed by atoms with van der Waals surface area (Å²) in [6, 6.07) is 0. The topological polar surface area (TPSA) is 94.9 Å². The van der Waals surface area contributed by atoms with Crippen molar-refractivity contribution in [3.8, 4) is 0 Å². The molecule has 0 rings (SSSR count). The third kappa shape index (κ3) is 20.9. The van der Waals surface area contributed by atoms with Gasteiger partial charge in [0.15, 0.2) is 0 Å². The summed E-state index contributed by atoms with van der Waals surface area (Å²) in [6.45, 7) is 2.80. The summed E-state index contributed by atoms with van der Waals surface area (Å²) in [5, 5.41) is 17.5. The van der Waals surface area contributed by atoms with Gasteiger partial charge in [-0.25, -0.2) is 4.79 Å². The average Bonchev–Trinajstić information content (AvgIpc) is 2.73. The molecule has 6 heteroatoms. The van der Waals surface area contributed by atoms with Crippen LogP contribution in [0.2, 0.25) is 0 Å². The molecule has 6 nitrogen and oxygen atoms in total. The quantitative estimate of drug-likeness (QED) is 0.131. The fraction of sp³-hybridized carbons (Fsp3) is 0.720. The number of hydrogen-bond acceptors (Lipinski definition) is 3. The van der Waals surface area contributed by atoms with Crippen LogP contribution in [0.5, 0.6) is 0 Å². The van der Waals surface area contributed by atoms with Crippen LogP contribution in [0.15, 0.2) is 24.3 Å². The number of aliphatic carboxylic acids is 2. The van der Waals surface area contributed by atoms with Gasteiger partial charge in [0, 0.05) is 25.2 Å². The minimum atomic E-state index is -1.19. The van der Waals surface area contributed by atoms with Crippen molar-refractivity contribution in [2.45, 2.75) is 103 Å². The molecule has 2 N–H and O–H groups in total. The van der Waals surface area contributed by atoms with Crippen LogP contribution in [-0.4, -0.2) is 46.0 Å². The number of rotatable bonds is 21. The molecule has 31 heavy (non-hydrogen) atoms. The number of carbonyl (C=O) groups is 3. The van der Waals surface area contributed by atoms with E-state index in [-0.39, 0.29) is 13.0 Å². The molecule has 0 aliphatic rings. The molecule has 0 aromatic rings. The Morgan fingerprint density at radius 2 is 1.19 bits per heavy atom. The largest absolute Gasteiger partial charge is 0.481 e. The maximum Gasteiger partial charge on any atom is 0.328 e. The summed E-state index contributed by atoms with van der Waals surface area (Å²) >= 11 is 0. The van der Waals surface area contributed by atoms with E-state index in [0.29, 0.717) is 6.54 Å². The Kier molecular flexibility index (Phi) is 19.7. The van der Waals surface area contributed by atoms with Gasteiger partial charge in [0.05, 0.1) is 6.42 Å². The minimum absolute atomic E-state index is 0.100. The number of carboxylic acids is 2. The highest BCUT2D eigenvalue weighted by atomic mass is 16.4. The van der Waals surface area contributed by atoms with E-state index in [1.807, 2.05) is 0 Å². The van der Waals surface area contributed by atoms with Gasteiger partial charge in [0.2, 0.25) is 5.91 Å². The predicted octanol–water partition coefficient (Wildman–Crippen LogP) is 5.97. The second kappa shape index (κ2) is 21.1. The summed E-state index contributed by atoms with van der Waals surface area (Å²) in [7, 11) is 0. The molecule has 0 aliphatic heterocycles. The van der Waals surface area contributed by atoms with Crippen molar-refractivity contribution in [3.05, 3.63) is 24.3 Å². The molecule has 0 unspecified atom stereocenters. The third-order valence-corrected chi connectivity index (χ3v) is 5.22. The number of hydrogen-bond donors (Lipinski definition) is 2. The van der Waals surface area contributed by atoms with E-state index in [1.165, 1.54) is 62.7 Å². The highest BCUT2D eigenvalue weighted by Gasteiger charge is 2.12. The van der Waals surface area contributed by atoms with Crippen LogP contribution in [-0.2, 0) is 14.4 Å². The van der Waals surface area contributed by atoms with Gasteiger partial charge in [-0.3, -0.25) is 9.59 Å². The summed E-state index contributed by atoms with van der Waals surface area (Å²) in [4.78, 5) is 34.8. The molecule has 1 amide bonds. The van der Waals surface area contributed by atoms with Gasteiger partial charge >= 0.3 is 11.9 Å². The highest BCUT2D eigenvalue weighted by molar-refractivity contribution is 5.94. The summed E-state index contributed by atoms with van der Waals surface area (Å²) < 4.78 is 0. The maximum atomic E-state index is 12.0. The number of allylic oxidation sites excluding steroid dienone is 2. The second-order valence-corrected chi connectivity index (χ2v) is 8.08. The SMILES string of the molecule is CCCCCCCC/C=C\CCCCCCCCN(CCC(=O)O)C(=O)/C=C\C(=O)O. The van der Waals surface area contributed by atoms with E-state index < -0.39 is 17.8 Å². The smallest absolute Gasteiger partial charge is 0.328 e. The molecule has 0 aliphatic carbocycles. The van der Waals surface area contributed by atoms with Gasteiger partial charge in [-0.15, -0.1) is 0 Å². The van der Waals surface area contributed by atoms with Gasteiger partial charge in [0.1, 0.15) is 0 Å². The Hall–Kier alpha value is -2.11. The zero-order valence-electron chi connectivity index (χ0n) is 19.4. The third-order valence-electron chi connectivity index (χ3n) is 5.22. The Balaban J connectivity index is 3.75. The van der Waals surface area contributed by atoms with Gasteiger partial charge in [-0.2, -0.15) is 0 Å². The lowest BCUT2D eigenvalue weighted by Gasteiger charge is -2.20. The molecule has 0 bridgehead atoms. The molecule has 0 aromatic heterocycles. The first-order valence-electron chi connectivity index (χ1n) is 12.0. The lowest BCUT2D eigenvalue weighted by Crippen LogP contribution is -2.32. The Bertz CT molecular complexity index is 542. The van der Waals surface area contributed by atoms with Gasteiger partial charge in [0.25, 0.3) is 0 Å². The van der Waals surface area contributed by atoms with Crippen LogP contribution in [0.1, 0.15) is 103 Å². The van der Waals surface area contributed by atoms with Crippen molar-refractivity contribution >= 4 is 17.8 Å². The van der Waals surface area contributed by atoms with Crippen molar-refractivity contribution in [1.29, 1.82) is 0 Å². The maximum absolute atomic E-state index is 12.0. The van der Waals surface area contributed by atoms with E-state index in [9.17, 15) is 14.4 Å². The van der Waals surface area contributed by atoms with Crippen LogP contribution < -0.4 is 0 Å². The number of carbonyl (C=O) groups excluding carboxylic acids is 1. The molecule has 0 heterocycles. The number of nitrogens with zero attached hydrogens (tertiary/aromatic N) is 1. The fourth-order valence-corrected chi connectivity index (χ4v) is 3.36. The summed E-state index contributed by atoms with van der Waals surface area (Å²) in [6.07, 6.45) is 23.1. The summed E-state index contributed by atoms with van der Waals surface area (Å²) in [5.41, 5.74) is 0. The molecule has 0 saturated heterocycles. The number of unbranched alkanes of at least 4 members (excludes halogenated alkanes) is 12. The Morgan fingerprint density at radius 1 is 0.677 bits per heavy atom. The van der Waals surface area contributed by atoms with Crippen LogP contribution in [0.4, 0.5) is 0 Å². The lowest BCUT2D eigenvalue weighted by molar-refractivity contribution is -0.138. The van der Waals surface area contributed by atoms with E-state index in [0.717, 1.165) is 44.3 Å². The molecule has 0 aromatic carbocycles. The van der Waals surface area contributed by atoms with E-state index in [4.69, 9.17) is 10.2 Å². The molecule has 0 fully saturated rings. The van der Waals surface area contributed by atoms with Crippen molar-refractivity contribution in [3.63, 3.8) is 0 Å². The Morgan fingerprint density at radius 3 is 1.71 bits per heavy atom. The van der Waals surface area contributed by atoms with Crippen LogP contribution in [0, 0.1) is 0 Å². The number of amides is 1. The normalized spacial score (nSPS) is 11.4. The number of carboxylic acid groups (broad SMARTS) is 2. The molecular weight excluding hydrogens is 394 g/mol. The van der Waals surface area contributed by atoms with E-state index >= 15 is 0 Å². The zero-order valence-corrected chi connectivity index (χ0v) is 19.4. The lowest BCUT2D eigenvalue weighted by atomic mass is 10.1. The van der Waals surface area contributed by atoms with Crippen LogP contribution in [0.3, 0.4) is 0 Å². The van der Waals surface area contributed by atoms with Crippen molar-refractivity contribution in [2.75, 3.05) is 13.1 Å². The first-order chi connectivity index (χ1) is 15.0. The average molecular weight is 438 g/mol. The predicted molar refractivity (Wildman–Crippen MR) is 125 cm³/mol. The molecule has 178 valence electrons.